The number of carbonyl (C=O) groups excluding carboxylic acids is 2. The molecule has 120 valence electrons. The van der Waals surface area contributed by atoms with Crippen molar-refractivity contribution in [3.8, 4) is 0 Å². The van der Waals surface area contributed by atoms with Gasteiger partial charge in [0.05, 0.1) is 0 Å². The van der Waals surface area contributed by atoms with Crippen molar-refractivity contribution in [2.24, 2.45) is 5.92 Å². The molecule has 3 heteroatoms. The lowest BCUT2D eigenvalue weighted by atomic mass is 9.56. The summed E-state index contributed by atoms with van der Waals surface area (Å²) in [5.41, 5.74) is 5.12. The Hall–Kier alpha value is -1.90. The molecule has 3 aliphatic rings. The Kier molecular flexibility index (Phi) is 3.06. The first-order chi connectivity index (χ1) is 10.9. The van der Waals surface area contributed by atoms with E-state index in [1.807, 2.05) is 0 Å². The van der Waals surface area contributed by atoms with Crippen LogP contribution in [0.3, 0.4) is 0 Å². The minimum atomic E-state index is -0.171. The molecule has 1 heterocycles. The van der Waals surface area contributed by atoms with Crippen molar-refractivity contribution in [2.75, 3.05) is 6.61 Å². The third-order valence-electron chi connectivity index (χ3n) is 6.09. The van der Waals surface area contributed by atoms with Crippen LogP contribution >= 0.6 is 0 Å². The molecule has 0 bridgehead atoms. The molecule has 2 unspecified atom stereocenters. The Morgan fingerprint density at radius 2 is 2.04 bits per heavy atom. The van der Waals surface area contributed by atoms with Crippen LogP contribution in [0.1, 0.15) is 67.4 Å². The van der Waals surface area contributed by atoms with Crippen LogP contribution in [-0.2, 0) is 14.9 Å². The molecule has 23 heavy (non-hydrogen) atoms. The summed E-state index contributed by atoms with van der Waals surface area (Å²) in [7, 11) is 0. The highest BCUT2D eigenvalue weighted by molar-refractivity contribution is 6.01. The first-order valence-electron chi connectivity index (χ1n) is 8.48. The van der Waals surface area contributed by atoms with Crippen molar-refractivity contribution in [1.29, 1.82) is 0 Å². The summed E-state index contributed by atoms with van der Waals surface area (Å²) in [6.45, 7) is 6.93. The normalized spacial score (nSPS) is 29.3. The smallest absolute Gasteiger partial charge is 0.334 e. The van der Waals surface area contributed by atoms with Crippen molar-refractivity contribution >= 4 is 11.8 Å². The quantitative estimate of drug-likeness (QED) is 0.738. The topological polar surface area (TPSA) is 43.4 Å². The van der Waals surface area contributed by atoms with Crippen LogP contribution in [-0.4, -0.2) is 18.4 Å². The molecule has 4 rings (SSSR count). The number of cyclic esters (lactones) is 1. The van der Waals surface area contributed by atoms with Gasteiger partial charge in [-0.05, 0) is 41.5 Å². The number of rotatable bonds is 1. The summed E-state index contributed by atoms with van der Waals surface area (Å²) in [6, 6.07) is 6.40. The predicted octanol–water partition coefficient (Wildman–Crippen LogP) is 3.92. The highest BCUT2D eigenvalue weighted by Crippen LogP contribution is 2.53. The Balaban J connectivity index is 1.86. The van der Waals surface area contributed by atoms with Crippen LogP contribution in [0.2, 0.25) is 0 Å². The van der Waals surface area contributed by atoms with Gasteiger partial charge in [-0.25, -0.2) is 4.79 Å². The summed E-state index contributed by atoms with van der Waals surface area (Å²) in [4.78, 5) is 24.6. The van der Waals surface area contributed by atoms with E-state index in [2.05, 4.69) is 39.0 Å². The van der Waals surface area contributed by atoms with Crippen LogP contribution in [0, 0.1) is 5.92 Å². The van der Waals surface area contributed by atoms with Gasteiger partial charge in [0.25, 0.3) is 0 Å². The maximum atomic E-state index is 12.8. The molecular formula is C20H22O3. The first kappa shape index (κ1) is 14.7. The van der Waals surface area contributed by atoms with E-state index in [9.17, 15) is 9.59 Å². The van der Waals surface area contributed by atoms with E-state index in [1.54, 1.807) is 0 Å². The monoisotopic (exact) mass is 310 g/mol. The van der Waals surface area contributed by atoms with E-state index in [0.29, 0.717) is 18.9 Å². The molecular weight excluding hydrogens is 288 g/mol. The highest BCUT2D eigenvalue weighted by atomic mass is 16.5. The summed E-state index contributed by atoms with van der Waals surface area (Å²) < 4.78 is 5.24. The van der Waals surface area contributed by atoms with Gasteiger partial charge in [0.2, 0.25) is 0 Å². The molecule has 0 aromatic heterocycles. The number of ketones is 1. The molecule has 3 nitrogen and oxygen atoms in total. The van der Waals surface area contributed by atoms with Crippen molar-refractivity contribution in [3.05, 3.63) is 46.0 Å². The van der Waals surface area contributed by atoms with Crippen molar-refractivity contribution < 1.29 is 14.3 Å². The highest BCUT2D eigenvalue weighted by Gasteiger charge is 2.50. The van der Waals surface area contributed by atoms with Gasteiger partial charge in [-0.2, -0.15) is 0 Å². The van der Waals surface area contributed by atoms with Crippen LogP contribution in [0.5, 0.6) is 0 Å². The van der Waals surface area contributed by atoms with E-state index in [-0.39, 0.29) is 23.1 Å². The van der Waals surface area contributed by atoms with Gasteiger partial charge >= 0.3 is 5.97 Å². The summed E-state index contributed by atoms with van der Waals surface area (Å²) >= 11 is 0. The predicted molar refractivity (Wildman–Crippen MR) is 87.5 cm³/mol. The van der Waals surface area contributed by atoms with E-state index in [4.69, 9.17) is 4.74 Å². The van der Waals surface area contributed by atoms with E-state index < -0.39 is 0 Å². The SMILES string of the molecule is CC(C)c1ccc2c(c1)C(=O)CC1C3=C(CCC21C)C(=O)OC3. The fourth-order valence-electron chi connectivity index (χ4n) is 4.58. The second-order valence-electron chi connectivity index (χ2n) is 7.64. The fraction of sp³-hybridized carbons (Fsp3) is 0.500. The van der Waals surface area contributed by atoms with Gasteiger partial charge in [0.1, 0.15) is 6.61 Å². The Morgan fingerprint density at radius 1 is 1.26 bits per heavy atom. The number of carbonyl (C=O) groups is 2. The molecule has 1 aliphatic heterocycles. The lowest BCUT2D eigenvalue weighted by Gasteiger charge is -2.46. The van der Waals surface area contributed by atoms with Crippen LogP contribution in [0.4, 0.5) is 0 Å². The molecule has 1 aromatic carbocycles. The Bertz CT molecular complexity index is 756. The van der Waals surface area contributed by atoms with E-state index in [0.717, 1.165) is 35.1 Å². The zero-order valence-electron chi connectivity index (χ0n) is 13.9. The van der Waals surface area contributed by atoms with Crippen LogP contribution < -0.4 is 0 Å². The number of benzene rings is 1. The molecule has 0 saturated carbocycles. The zero-order chi connectivity index (χ0) is 16.4. The molecule has 2 atom stereocenters. The van der Waals surface area contributed by atoms with Crippen molar-refractivity contribution in [2.45, 2.75) is 51.4 Å². The van der Waals surface area contributed by atoms with Gasteiger partial charge in [-0.15, -0.1) is 0 Å². The third kappa shape index (κ3) is 1.95. The van der Waals surface area contributed by atoms with E-state index in [1.165, 1.54) is 5.56 Å². The molecule has 0 radical (unpaired) electrons. The van der Waals surface area contributed by atoms with Gasteiger partial charge in [-0.3, -0.25) is 4.79 Å². The molecule has 0 fully saturated rings. The van der Waals surface area contributed by atoms with Crippen LogP contribution in [0.25, 0.3) is 0 Å². The van der Waals surface area contributed by atoms with Crippen molar-refractivity contribution in [3.63, 3.8) is 0 Å². The second kappa shape index (κ2) is 4.80. The Labute approximate surface area is 136 Å². The summed E-state index contributed by atoms with van der Waals surface area (Å²) in [5, 5.41) is 0. The summed E-state index contributed by atoms with van der Waals surface area (Å²) in [5.74, 6) is 0.566. The number of Topliss-reactive ketones (excluding diaryl/α,β-unsaturated/α-hetero) is 1. The fourth-order valence-corrected chi connectivity index (χ4v) is 4.58. The number of hydrogen-bond acceptors (Lipinski definition) is 3. The van der Waals surface area contributed by atoms with Crippen LogP contribution in [0.15, 0.2) is 29.3 Å². The van der Waals surface area contributed by atoms with Gasteiger partial charge in [0.15, 0.2) is 5.78 Å². The third-order valence-corrected chi connectivity index (χ3v) is 6.09. The summed E-state index contributed by atoms with van der Waals surface area (Å²) in [6.07, 6.45) is 2.17. The maximum Gasteiger partial charge on any atom is 0.334 e. The number of esters is 1. The van der Waals surface area contributed by atoms with Gasteiger partial charge in [0, 0.05) is 28.9 Å². The lowest BCUT2D eigenvalue weighted by Crippen LogP contribution is -2.43. The van der Waals surface area contributed by atoms with Gasteiger partial charge < -0.3 is 4.74 Å². The zero-order valence-corrected chi connectivity index (χ0v) is 13.9. The molecule has 0 saturated heterocycles. The number of fused-ring (bicyclic) bond motifs is 4. The molecule has 1 aromatic rings. The first-order valence-corrected chi connectivity index (χ1v) is 8.48. The van der Waals surface area contributed by atoms with Crippen molar-refractivity contribution in [1.82, 2.24) is 0 Å². The van der Waals surface area contributed by atoms with E-state index >= 15 is 0 Å². The lowest BCUT2D eigenvalue weighted by molar-refractivity contribution is -0.136. The number of hydrogen-bond donors (Lipinski definition) is 0. The average Bonchev–Trinajstić information content (AvgIpc) is 2.90. The minimum Gasteiger partial charge on any atom is -0.458 e. The Morgan fingerprint density at radius 3 is 2.78 bits per heavy atom. The molecule has 2 aliphatic carbocycles. The molecule has 0 N–H and O–H groups in total. The standard InChI is InChI=1S/C20H22O3/c1-11(2)12-4-5-16-14(8-12)18(21)9-17-15-10-23-19(22)13(15)6-7-20(16,17)3/h4-5,8,11,17H,6-7,9-10H2,1-3H3. The maximum absolute atomic E-state index is 12.8. The number of ether oxygens (including phenoxy) is 1. The minimum absolute atomic E-state index is 0.0639. The second-order valence-corrected chi connectivity index (χ2v) is 7.64. The molecule has 0 spiro atoms. The largest absolute Gasteiger partial charge is 0.458 e. The molecule has 0 amide bonds. The average molecular weight is 310 g/mol. The van der Waals surface area contributed by atoms with Gasteiger partial charge in [-0.1, -0.05) is 32.9 Å².